The number of hydrogen-bond donors (Lipinski definition) is 3. The molecule has 2 aromatic rings. The number of alkyl carbamates (subject to hydrolysis) is 1. The lowest BCUT2D eigenvalue weighted by Crippen LogP contribution is -2.56. The molecule has 1 aliphatic heterocycles. The normalized spacial score (nSPS) is 16.3. The molecular formula is C29H36N4O7. The third-order valence-electron chi connectivity index (χ3n) is 6.11. The van der Waals surface area contributed by atoms with E-state index in [2.05, 4.69) is 16.1 Å². The van der Waals surface area contributed by atoms with Crippen LogP contribution in [0.5, 0.6) is 0 Å². The summed E-state index contributed by atoms with van der Waals surface area (Å²) in [5, 5.41) is 5.23. The van der Waals surface area contributed by atoms with Crippen LogP contribution in [0.4, 0.5) is 4.79 Å². The average molecular weight is 553 g/mol. The van der Waals surface area contributed by atoms with Crippen molar-refractivity contribution >= 4 is 29.8 Å². The molecule has 2 aromatic carbocycles. The Balaban J connectivity index is 1.67. The number of ether oxygens (including phenoxy) is 1. The molecule has 3 rings (SSSR count). The lowest BCUT2D eigenvalue weighted by atomic mass is 10.0. The molecule has 3 atom stereocenters. The van der Waals surface area contributed by atoms with Crippen LogP contribution in [-0.2, 0) is 30.4 Å². The standard InChI is InChI=1S/C29H36N4O7/c1-19(30-28(38)39-29(2,3)4)26(36)33-17-11-16-23(33)25(35)31-22(18-20-12-7-5-8-13-20)24(34)32-40-27(37)21-14-9-6-10-15-21/h5-10,12-15,19,22-23H,11,16-18H2,1-4H3,(H,30,38)(H,31,35)(H,32,34)/t19-,22+,23-/m1/s1. The maximum atomic E-state index is 13.4. The predicted octanol–water partition coefficient (Wildman–Crippen LogP) is 2.51. The second-order valence-corrected chi connectivity index (χ2v) is 10.5. The van der Waals surface area contributed by atoms with E-state index < -0.39 is 53.5 Å². The van der Waals surface area contributed by atoms with Crippen molar-refractivity contribution in [1.82, 2.24) is 21.0 Å². The summed E-state index contributed by atoms with van der Waals surface area (Å²) in [5.41, 5.74) is 2.44. The first-order chi connectivity index (χ1) is 18.9. The highest BCUT2D eigenvalue weighted by Crippen LogP contribution is 2.19. The number of carbonyl (C=O) groups is 5. The highest BCUT2D eigenvalue weighted by atomic mass is 16.7. The molecule has 214 valence electrons. The van der Waals surface area contributed by atoms with Crippen LogP contribution in [0.25, 0.3) is 0 Å². The van der Waals surface area contributed by atoms with Crippen molar-refractivity contribution in [3.63, 3.8) is 0 Å². The van der Waals surface area contributed by atoms with Gasteiger partial charge in [-0.1, -0.05) is 48.5 Å². The summed E-state index contributed by atoms with van der Waals surface area (Å²) in [7, 11) is 0. The molecule has 1 aliphatic rings. The van der Waals surface area contributed by atoms with E-state index in [4.69, 9.17) is 9.57 Å². The van der Waals surface area contributed by atoms with Crippen LogP contribution in [-0.4, -0.2) is 65.0 Å². The summed E-state index contributed by atoms with van der Waals surface area (Å²) >= 11 is 0. The SMILES string of the molecule is C[C@@H](NC(=O)OC(C)(C)C)C(=O)N1CCC[C@@H]1C(=O)N[C@@H](Cc1ccccc1)C(=O)NOC(=O)c1ccccc1. The minimum atomic E-state index is -1.09. The van der Waals surface area contributed by atoms with Crippen LogP contribution in [0.3, 0.4) is 0 Å². The number of nitrogens with one attached hydrogen (secondary N) is 3. The molecule has 4 amide bonds. The van der Waals surface area contributed by atoms with Crippen molar-refractivity contribution in [2.24, 2.45) is 0 Å². The number of hydroxylamine groups is 1. The smallest absolute Gasteiger partial charge is 0.408 e. The molecule has 1 fully saturated rings. The van der Waals surface area contributed by atoms with Gasteiger partial charge in [0, 0.05) is 13.0 Å². The highest BCUT2D eigenvalue weighted by Gasteiger charge is 2.38. The van der Waals surface area contributed by atoms with E-state index in [0.29, 0.717) is 19.4 Å². The largest absolute Gasteiger partial charge is 0.444 e. The molecule has 1 heterocycles. The van der Waals surface area contributed by atoms with Gasteiger partial charge in [0.05, 0.1) is 5.56 Å². The summed E-state index contributed by atoms with van der Waals surface area (Å²) in [6, 6.07) is 14.3. The Bertz CT molecular complexity index is 1200. The Labute approximate surface area is 233 Å². The van der Waals surface area contributed by atoms with Crippen LogP contribution < -0.4 is 16.1 Å². The number of hydrogen-bond acceptors (Lipinski definition) is 7. The number of benzene rings is 2. The van der Waals surface area contributed by atoms with Gasteiger partial charge in [0.1, 0.15) is 23.7 Å². The number of carbonyl (C=O) groups excluding carboxylic acids is 5. The van der Waals surface area contributed by atoms with E-state index in [9.17, 15) is 24.0 Å². The molecule has 0 bridgehead atoms. The minimum absolute atomic E-state index is 0.124. The first kappa shape index (κ1) is 30.1. The maximum Gasteiger partial charge on any atom is 0.408 e. The Morgan fingerprint density at radius 1 is 0.950 bits per heavy atom. The summed E-state index contributed by atoms with van der Waals surface area (Å²) in [6.45, 7) is 6.98. The van der Waals surface area contributed by atoms with Gasteiger partial charge in [-0.05, 0) is 58.2 Å². The molecule has 0 aliphatic carbocycles. The molecule has 3 N–H and O–H groups in total. The second kappa shape index (κ2) is 13.6. The average Bonchev–Trinajstić information content (AvgIpc) is 3.41. The van der Waals surface area contributed by atoms with Gasteiger partial charge in [0.2, 0.25) is 11.8 Å². The third-order valence-corrected chi connectivity index (χ3v) is 6.11. The number of rotatable bonds is 8. The molecule has 40 heavy (non-hydrogen) atoms. The van der Waals surface area contributed by atoms with Gasteiger partial charge in [-0.2, -0.15) is 5.48 Å². The lowest BCUT2D eigenvalue weighted by Gasteiger charge is -2.29. The fourth-order valence-electron chi connectivity index (χ4n) is 4.23. The van der Waals surface area contributed by atoms with Crippen molar-refractivity contribution in [3.8, 4) is 0 Å². The zero-order chi connectivity index (χ0) is 29.3. The van der Waals surface area contributed by atoms with E-state index in [0.717, 1.165) is 5.56 Å². The topological polar surface area (TPSA) is 143 Å². The lowest BCUT2D eigenvalue weighted by molar-refractivity contribution is -0.141. The Hall–Kier alpha value is -4.41. The van der Waals surface area contributed by atoms with Gasteiger partial charge in [0.15, 0.2) is 0 Å². The van der Waals surface area contributed by atoms with Gasteiger partial charge in [-0.3, -0.25) is 14.4 Å². The van der Waals surface area contributed by atoms with E-state index in [1.807, 2.05) is 6.07 Å². The summed E-state index contributed by atoms with van der Waals surface area (Å²) in [5.74, 6) is -2.44. The quantitative estimate of drug-likeness (QED) is 0.427. The van der Waals surface area contributed by atoms with Crippen molar-refractivity contribution in [1.29, 1.82) is 0 Å². The van der Waals surface area contributed by atoms with Gasteiger partial charge in [-0.25, -0.2) is 9.59 Å². The van der Waals surface area contributed by atoms with Crippen molar-refractivity contribution in [3.05, 3.63) is 71.8 Å². The Morgan fingerprint density at radius 3 is 2.20 bits per heavy atom. The van der Waals surface area contributed by atoms with Crippen LogP contribution in [0.2, 0.25) is 0 Å². The monoisotopic (exact) mass is 552 g/mol. The molecule has 0 saturated carbocycles. The predicted molar refractivity (Wildman–Crippen MR) is 146 cm³/mol. The molecular weight excluding hydrogens is 516 g/mol. The fourth-order valence-corrected chi connectivity index (χ4v) is 4.23. The molecule has 1 saturated heterocycles. The van der Waals surface area contributed by atoms with Crippen LogP contribution in [0, 0.1) is 0 Å². The second-order valence-electron chi connectivity index (χ2n) is 10.5. The summed E-state index contributed by atoms with van der Waals surface area (Å²) in [6.07, 6.45) is 0.351. The molecule has 11 nitrogen and oxygen atoms in total. The van der Waals surface area contributed by atoms with Gasteiger partial charge in [-0.15, -0.1) is 0 Å². The Morgan fingerprint density at radius 2 is 1.57 bits per heavy atom. The molecule has 0 spiro atoms. The summed E-state index contributed by atoms with van der Waals surface area (Å²) < 4.78 is 5.22. The van der Waals surface area contributed by atoms with Crippen LogP contribution >= 0.6 is 0 Å². The van der Waals surface area contributed by atoms with Crippen LogP contribution in [0.15, 0.2) is 60.7 Å². The van der Waals surface area contributed by atoms with Crippen LogP contribution in [0.1, 0.15) is 56.5 Å². The minimum Gasteiger partial charge on any atom is -0.444 e. The van der Waals surface area contributed by atoms with Crippen molar-refractivity contribution in [2.75, 3.05) is 6.54 Å². The molecule has 11 heteroatoms. The van der Waals surface area contributed by atoms with E-state index >= 15 is 0 Å². The zero-order valence-corrected chi connectivity index (χ0v) is 23.1. The van der Waals surface area contributed by atoms with E-state index in [-0.39, 0.29) is 12.0 Å². The fraction of sp³-hybridized carbons (Fsp3) is 0.414. The molecule has 0 unspecified atom stereocenters. The maximum absolute atomic E-state index is 13.4. The zero-order valence-electron chi connectivity index (χ0n) is 23.1. The number of amides is 4. The summed E-state index contributed by atoms with van der Waals surface area (Å²) in [4.78, 5) is 70.3. The van der Waals surface area contributed by atoms with E-state index in [1.54, 1.807) is 75.4 Å². The number of nitrogens with zero attached hydrogens (tertiary/aromatic N) is 1. The Kier molecular flexibility index (Phi) is 10.2. The highest BCUT2D eigenvalue weighted by molar-refractivity contribution is 5.95. The molecule has 0 aromatic heterocycles. The third kappa shape index (κ3) is 8.82. The van der Waals surface area contributed by atoms with Gasteiger partial charge < -0.3 is 25.1 Å². The first-order valence-electron chi connectivity index (χ1n) is 13.1. The molecule has 0 radical (unpaired) electrons. The van der Waals surface area contributed by atoms with E-state index in [1.165, 1.54) is 11.8 Å². The van der Waals surface area contributed by atoms with Crippen molar-refractivity contribution in [2.45, 2.75) is 70.7 Å². The van der Waals surface area contributed by atoms with Crippen molar-refractivity contribution < 1.29 is 33.5 Å². The first-order valence-corrected chi connectivity index (χ1v) is 13.1. The number of likely N-dealkylation sites (tertiary alicyclic amines) is 1. The van der Waals surface area contributed by atoms with Gasteiger partial charge >= 0.3 is 12.1 Å². The van der Waals surface area contributed by atoms with Gasteiger partial charge in [0.25, 0.3) is 5.91 Å².